The van der Waals surface area contributed by atoms with Gasteiger partial charge >= 0.3 is 0 Å². The van der Waals surface area contributed by atoms with Crippen LogP contribution in [0.4, 0.5) is 8.78 Å². The Balaban J connectivity index is 3.01. The van der Waals surface area contributed by atoms with Crippen molar-refractivity contribution in [3.8, 4) is 5.75 Å². The molecule has 1 aromatic rings. The number of nitrogens with two attached hydrogens (primary N) is 1. The molecule has 0 aromatic heterocycles. The highest BCUT2D eigenvalue weighted by atomic mass is 19.3. The molecule has 0 bridgehead atoms. The van der Waals surface area contributed by atoms with Crippen LogP contribution in [0.15, 0.2) is 24.3 Å². The number of benzene rings is 1. The molecular formula is C9H11F2NO. The van der Waals surface area contributed by atoms with E-state index in [1.54, 1.807) is 6.07 Å². The molecule has 0 saturated heterocycles. The molecule has 2 nitrogen and oxygen atoms in total. The van der Waals surface area contributed by atoms with Gasteiger partial charge in [0, 0.05) is 5.56 Å². The molecule has 0 fully saturated rings. The Bertz CT molecular complexity index is 289. The van der Waals surface area contributed by atoms with E-state index in [0.717, 1.165) is 0 Å². The smallest absolute Gasteiger partial charge is 0.285 e. The van der Waals surface area contributed by atoms with Gasteiger partial charge in [0.15, 0.2) is 0 Å². The first-order valence-electron chi connectivity index (χ1n) is 3.82. The molecule has 4 heteroatoms. The third kappa shape index (κ3) is 2.15. The van der Waals surface area contributed by atoms with Crippen molar-refractivity contribution >= 4 is 0 Å². The highest BCUT2D eigenvalue weighted by molar-refractivity contribution is 5.31. The molecule has 0 atom stereocenters. The average molecular weight is 187 g/mol. The van der Waals surface area contributed by atoms with Gasteiger partial charge in [-0.25, -0.2) is 0 Å². The molecule has 0 radical (unpaired) electrons. The number of halogens is 2. The molecule has 0 heterocycles. The van der Waals surface area contributed by atoms with Crippen LogP contribution in [-0.4, -0.2) is 13.7 Å². The fraction of sp³-hybridized carbons (Fsp3) is 0.333. The second-order valence-corrected chi connectivity index (χ2v) is 2.64. The lowest BCUT2D eigenvalue weighted by Crippen LogP contribution is -2.24. The Morgan fingerprint density at radius 2 is 2.15 bits per heavy atom. The van der Waals surface area contributed by atoms with E-state index >= 15 is 0 Å². The Labute approximate surface area is 75.3 Å². The second-order valence-electron chi connectivity index (χ2n) is 2.64. The van der Waals surface area contributed by atoms with Gasteiger partial charge < -0.3 is 10.5 Å². The van der Waals surface area contributed by atoms with Gasteiger partial charge in [-0.05, 0) is 12.1 Å². The van der Waals surface area contributed by atoms with Crippen LogP contribution in [0.2, 0.25) is 0 Å². The highest BCUT2D eigenvalue weighted by Gasteiger charge is 2.29. The largest absolute Gasteiger partial charge is 0.497 e. The van der Waals surface area contributed by atoms with E-state index in [1.807, 2.05) is 0 Å². The summed E-state index contributed by atoms with van der Waals surface area (Å²) >= 11 is 0. The van der Waals surface area contributed by atoms with Crippen molar-refractivity contribution in [2.75, 3.05) is 13.7 Å². The zero-order valence-corrected chi connectivity index (χ0v) is 7.26. The number of methoxy groups -OCH3 is 1. The lowest BCUT2D eigenvalue weighted by Gasteiger charge is -2.14. The Kier molecular flexibility index (Phi) is 2.83. The van der Waals surface area contributed by atoms with Crippen LogP contribution in [0, 0.1) is 0 Å². The summed E-state index contributed by atoms with van der Waals surface area (Å²) in [6, 6.07) is 5.73. The summed E-state index contributed by atoms with van der Waals surface area (Å²) in [7, 11) is 1.43. The van der Waals surface area contributed by atoms with E-state index in [0.29, 0.717) is 5.75 Å². The minimum atomic E-state index is -2.98. The van der Waals surface area contributed by atoms with Crippen molar-refractivity contribution in [2.24, 2.45) is 5.73 Å². The zero-order chi connectivity index (χ0) is 9.90. The van der Waals surface area contributed by atoms with Crippen molar-refractivity contribution < 1.29 is 13.5 Å². The predicted molar refractivity (Wildman–Crippen MR) is 45.9 cm³/mol. The number of ether oxygens (including phenoxy) is 1. The molecular weight excluding hydrogens is 176 g/mol. The maximum absolute atomic E-state index is 13.0. The first-order chi connectivity index (χ1) is 6.10. The van der Waals surface area contributed by atoms with Gasteiger partial charge in [0.25, 0.3) is 5.92 Å². The predicted octanol–water partition coefficient (Wildman–Crippen LogP) is 1.75. The van der Waals surface area contributed by atoms with E-state index in [1.165, 1.54) is 25.3 Å². The Morgan fingerprint density at radius 3 is 2.69 bits per heavy atom. The van der Waals surface area contributed by atoms with Crippen LogP contribution >= 0.6 is 0 Å². The van der Waals surface area contributed by atoms with Gasteiger partial charge in [0.2, 0.25) is 0 Å². The summed E-state index contributed by atoms with van der Waals surface area (Å²) in [5, 5.41) is 0. The van der Waals surface area contributed by atoms with Gasteiger partial charge in [-0.15, -0.1) is 0 Å². The monoisotopic (exact) mass is 187 g/mol. The molecule has 0 spiro atoms. The van der Waals surface area contributed by atoms with Gasteiger partial charge in [0.05, 0.1) is 13.7 Å². The molecule has 72 valence electrons. The summed E-state index contributed by atoms with van der Waals surface area (Å²) < 4.78 is 30.9. The van der Waals surface area contributed by atoms with Crippen molar-refractivity contribution in [3.05, 3.63) is 29.8 Å². The number of hydrogen-bond donors (Lipinski definition) is 1. The molecule has 1 aromatic carbocycles. The summed E-state index contributed by atoms with van der Waals surface area (Å²) in [6.45, 7) is -0.694. The SMILES string of the molecule is COc1cccc(C(F)(F)CN)c1. The second kappa shape index (κ2) is 3.70. The first-order valence-corrected chi connectivity index (χ1v) is 3.82. The lowest BCUT2D eigenvalue weighted by molar-refractivity contribution is 0.00576. The van der Waals surface area contributed by atoms with Crippen LogP contribution in [0.1, 0.15) is 5.56 Å². The summed E-state index contributed by atoms with van der Waals surface area (Å²) in [5.41, 5.74) is 4.82. The summed E-state index contributed by atoms with van der Waals surface area (Å²) in [4.78, 5) is 0. The third-order valence-electron chi connectivity index (χ3n) is 1.75. The van der Waals surface area contributed by atoms with Crippen LogP contribution in [-0.2, 0) is 5.92 Å². The van der Waals surface area contributed by atoms with E-state index < -0.39 is 12.5 Å². The van der Waals surface area contributed by atoms with Crippen molar-refractivity contribution in [2.45, 2.75) is 5.92 Å². The maximum atomic E-state index is 13.0. The molecule has 0 amide bonds. The minimum Gasteiger partial charge on any atom is -0.497 e. The fourth-order valence-electron chi connectivity index (χ4n) is 0.968. The minimum absolute atomic E-state index is 0.116. The molecule has 2 N–H and O–H groups in total. The van der Waals surface area contributed by atoms with Crippen molar-refractivity contribution in [1.82, 2.24) is 0 Å². The summed E-state index contributed by atoms with van der Waals surface area (Å²) in [5.74, 6) is -2.57. The first kappa shape index (κ1) is 9.92. The number of alkyl halides is 2. The normalized spacial score (nSPS) is 11.4. The molecule has 0 saturated carbocycles. The molecule has 13 heavy (non-hydrogen) atoms. The zero-order valence-electron chi connectivity index (χ0n) is 7.26. The molecule has 0 aliphatic heterocycles. The number of rotatable bonds is 3. The topological polar surface area (TPSA) is 35.2 Å². The van der Waals surface area contributed by atoms with Crippen LogP contribution < -0.4 is 10.5 Å². The lowest BCUT2D eigenvalue weighted by atomic mass is 10.1. The average Bonchev–Trinajstić information content (AvgIpc) is 2.18. The van der Waals surface area contributed by atoms with Gasteiger partial charge in [-0.2, -0.15) is 8.78 Å². The van der Waals surface area contributed by atoms with Gasteiger partial charge in [-0.3, -0.25) is 0 Å². The van der Waals surface area contributed by atoms with Crippen LogP contribution in [0.25, 0.3) is 0 Å². The van der Waals surface area contributed by atoms with E-state index in [2.05, 4.69) is 0 Å². The Hall–Kier alpha value is -1.16. The van der Waals surface area contributed by atoms with Crippen LogP contribution in [0.3, 0.4) is 0 Å². The van der Waals surface area contributed by atoms with Gasteiger partial charge in [-0.1, -0.05) is 12.1 Å². The Morgan fingerprint density at radius 1 is 1.46 bits per heavy atom. The third-order valence-corrected chi connectivity index (χ3v) is 1.75. The molecule has 0 aliphatic rings. The highest BCUT2D eigenvalue weighted by Crippen LogP contribution is 2.28. The fourth-order valence-corrected chi connectivity index (χ4v) is 0.968. The number of hydrogen-bond acceptors (Lipinski definition) is 2. The molecule has 0 aliphatic carbocycles. The van der Waals surface area contributed by atoms with Crippen molar-refractivity contribution in [3.63, 3.8) is 0 Å². The van der Waals surface area contributed by atoms with E-state index in [4.69, 9.17) is 10.5 Å². The van der Waals surface area contributed by atoms with Crippen LogP contribution in [0.5, 0.6) is 5.75 Å². The summed E-state index contributed by atoms with van der Waals surface area (Å²) in [6.07, 6.45) is 0. The van der Waals surface area contributed by atoms with Crippen molar-refractivity contribution in [1.29, 1.82) is 0 Å². The quantitative estimate of drug-likeness (QED) is 0.782. The standard InChI is InChI=1S/C9H11F2NO/c1-13-8-4-2-3-7(5-8)9(10,11)6-12/h2-5H,6,12H2,1H3. The van der Waals surface area contributed by atoms with E-state index in [-0.39, 0.29) is 5.56 Å². The maximum Gasteiger partial charge on any atom is 0.285 e. The molecule has 0 unspecified atom stereocenters. The molecule has 1 rings (SSSR count). The van der Waals surface area contributed by atoms with Gasteiger partial charge in [0.1, 0.15) is 5.75 Å². The van der Waals surface area contributed by atoms with E-state index in [9.17, 15) is 8.78 Å².